The third-order valence-corrected chi connectivity index (χ3v) is 4.90. The summed E-state index contributed by atoms with van der Waals surface area (Å²) >= 11 is 0. The monoisotopic (exact) mass is 343 g/mol. The van der Waals surface area contributed by atoms with Gasteiger partial charge in [0.1, 0.15) is 5.69 Å². The molecule has 1 aromatic heterocycles. The molecule has 1 amide bonds. The van der Waals surface area contributed by atoms with Gasteiger partial charge in [-0.2, -0.15) is 0 Å². The summed E-state index contributed by atoms with van der Waals surface area (Å²) in [5.41, 5.74) is 4.89. The van der Waals surface area contributed by atoms with Crippen LogP contribution < -0.4 is 9.80 Å². The number of fused-ring (bicyclic) bond motifs is 1. The van der Waals surface area contributed by atoms with Crippen molar-refractivity contribution in [2.24, 2.45) is 0 Å². The van der Waals surface area contributed by atoms with Crippen molar-refractivity contribution in [1.82, 2.24) is 4.98 Å². The van der Waals surface area contributed by atoms with Crippen molar-refractivity contribution in [2.75, 3.05) is 16.8 Å². The number of carbonyl (C=O) groups is 1. The van der Waals surface area contributed by atoms with E-state index in [0.717, 1.165) is 17.8 Å². The lowest BCUT2D eigenvalue weighted by Gasteiger charge is -2.25. The Kier molecular flexibility index (Phi) is 4.17. The molecule has 2 heterocycles. The molecule has 0 spiro atoms. The van der Waals surface area contributed by atoms with Crippen LogP contribution in [-0.4, -0.2) is 24.0 Å². The van der Waals surface area contributed by atoms with Crippen molar-refractivity contribution in [3.05, 3.63) is 84.2 Å². The van der Waals surface area contributed by atoms with Gasteiger partial charge in [-0.3, -0.25) is 4.79 Å². The number of nitrogens with zero attached hydrogens (tertiary/aromatic N) is 3. The van der Waals surface area contributed by atoms with Crippen LogP contribution in [-0.2, 0) is 6.42 Å². The molecule has 2 aromatic carbocycles. The Bertz CT molecular complexity index is 922. The van der Waals surface area contributed by atoms with E-state index in [2.05, 4.69) is 41.1 Å². The SMILES string of the molecule is CC1Cc2ccccc2N1c1ccc(C(=O)N(C)c2ccccc2)nc1. The van der Waals surface area contributed by atoms with Crippen LogP contribution in [0.15, 0.2) is 72.9 Å². The van der Waals surface area contributed by atoms with Crippen molar-refractivity contribution in [3.8, 4) is 0 Å². The molecule has 3 aromatic rings. The maximum Gasteiger partial charge on any atom is 0.276 e. The number of rotatable bonds is 3. The van der Waals surface area contributed by atoms with Gasteiger partial charge in [0.05, 0.1) is 11.9 Å². The first-order valence-corrected chi connectivity index (χ1v) is 8.81. The normalized spacial score (nSPS) is 15.6. The fraction of sp³-hybridized carbons (Fsp3) is 0.182. The van der Waals surface area contributed by atoms with E-state index in [1.165, 1.54) is 11.3 Å². The second kappa shape index (κ2) is 6.64. The quantitative estimate of drug-likeness (QED) is 0.705. The summed E-state index contributed by atoms with van der Waals surface area (Å²) in [7, 11) is 1.77. The van der Waals surface area contributed by atoms with Crippen molar-refractivity contribution in [1.29, 1.82) is 0 Å². The highest BCUT2D eigenvalue weighted by Gasteiger charge is 2.27. The van der Waals surface area contributed by atoms with E-state index in [1.807, 2.05) is 42.5 Å². The molecule has 0 saturated heterocycles. The smallest absolute Gasteiger partial charge is 0.276 e. The van der Waals surface area contributed by atoms with Crippen LogP contribution in [0.5, 0.6) is 0 Å². The number of benzene rings is 2. The van der Waals surface area contributed by atoms with Crippen LogP contribution in [0.1, 0.15) is 23.0 Å². The Morgan fingerprint density at radius 1 is 1.04 bits per heavy atom. The molecule has 1 aliphatic heterocycles. The highest BCUT2D eigenvalue weighted by Crippen LogP contribution is 2.37. The summed E-state index contributed by atoms with van der Waals surface area (Å²) < 4.78 is 0. The highest BCUT2D eigenvalue weighted by molar-refractivity contribution is 6.04. The van der Waals surface area contributed by atoms with Crippen molar-refractivity contribution in [3.63, 3.8) is 0 Å². The molecule has 130 valence electrons. The fourth-order valence-electron chi connectivity index (χ4n) is 3.55. The van der Waals surface area contributed by atoms with E-state index in [1.54, 1.807) is 18.1 Å². The average molecular weight is 343 g/mol. The third kappa shape index (κ3) is 2.84. The van der Waals surface area contributed by atoms with Gasteiger partial charge >= 0.3 is 0 Å². The van der Waals surface area contributed by atoms with Crippen LogP contribution in [0.3, 0.4) is 0 Å². The van der Waals surface area contributed by atoms with Crippen LogP contribution in [0.2, 0.25) is 0 Å². The molecule has 0 aliphatic carbocycles. The number of anilines is 3. The zero-order chi connectivity index (χ0) is 18.1. The molecule has 1 aliphatic rings. The lowest BCUT2D eigenvalue weighted by atomic mass is 10.1. The number of hydrogen-bond donors (Lipinski definition) is 0. The van der Waals surface area contributed by atoms with Crippen LogP contribution >= 0.6 is 0 Å². The average Bonchev–Trinajstić information content (AvgIpc) is 3.03. The van der Waals surface area contributed by atoms with E-state index in [4.69, 9.17) is 0 Å². The van der Waals surface area contributed by atoms with Gasteiger partial charge in [-0.1, -0.05) is 36.4 Å². The lowest BCUT2D eigenvalue weighted by Crippen LogP contribution is -2.27. The predicted octanol–water partition coefficient (Wildman–Crippen LogP) is 4.44. The molecule has 4 nitrogen and oxygen atoms in total. The number of aromatic nitrogens is 1. The molecule has 1 unspecified atom stereocenters. The Hall–Kier alpha value is -3.14. The molecule has 0 N–H and O–H groups in total. The summed E-state index contributed by atoms with van der Waals surface area (Å²) in [6.45, 7) is 2.21. The molecule has 0 fully saturated rings. The zero-order valence-electron chi connectivity index (χ0n) is 15.0. The number of carbonyl (C=O) groups excluding carboxylic acids is 1. The van der Waals surface area contributed by atoms with Crippen molar-refractivity contribution < 1.29 is 4.79 Å². The molecular weight excluding hydrogens is 322 g/mol. The maximum atomic E-state index is 12.7. The Labute approximate surface area is 153 Å². The van der Waals surface area contributed by atoms with E-state index < -0.39 is 0 Å². The van der Waals surface area contributed by atoms with Gasteiger partial charge in [-0.25, -0.2) is 4.98 Å². The minimum absolute atomic E-state index is 0.113. The molecule has 0 radical (unpaired) electrons. The van der Waals surface area contributed by atoms with E-state index in [0.29, 0.717) is 11.7 Å². The molecule has 4 rings (SSSR count). The molecule has 0 saturated carbocycles. The first kappa shape index (κ1) is 16.3. The summed E-state index contributed by atoms with van der Waals surface area (Å²) in [6, 6.07) is 22.2. The van der Waals surface area contributed by atoms with Gasteiger partial charge in [0.15, 0.2) is 0 Å². The molecule has 26 heavy (non-hydrogen) atoms. The van der Waals surface area contributed by atoms with Crippen molar-refractivity contribution in [2.45, 2.75) is 19.4 Å². The van der Waals surface area contributed by atoms with Crippen LogP contribution in [0, 0.1) is 0 Å². The minimum Gasteiger partial charge on any atom is -0.337 e. The first-order valence-electron chi connectivity index (χ1n) is 8.81. The fourth-order valence-corrected chi connectivity index (χ4v) is 3.55. The Morgan fingerprint density at radius 3 is 2.50 bits per heavy atom. The molecule has 1 atom stereocenters. The van der Waals surface area contributed by atoms with Crippen LogP contribution in [0.4, 0.5) is 17.1 Å². The van der Waals surface area contributed by atoms with Gasteiger partial charge in [0.25, 0.3) is 5.91 Å². The summed E-state index contributed by atoms with van der Waals surface area (Å²) in [6.07, 6.45) is 2.82. The number of amides is 1. The highest BCUT2D eigenvalue weighted by atomic mass is 16.2. The molecule has 0 bridgehead atoms. The van der Waals surface area contributed by atoms with Gasteiger partial charge in [-0.15, -0.1) is 0 Å². The topological polar surface area (TPSA) is 36.4 Å². The van der Waals surface area contributed by atoms with Gasteiger partial charge < -0.3 is 9.80 Å². The maximum absolute atomic E-state index is 12.7. The summed E-state index contributed by atoms with van der Waals surface area (Å²) in [4.78, 5) is 21.0. The van der Waals surface area contributed by atoms with E-state index in [-0.39, 0.29) is 5.91 Å². The summed E-state index contributed by atoms with van der Waals surface area (Å²) in [5.74, 6) is -0.113. The number of para-hydroxylation sites is 2. The molecular formula is C22H21N3O. The minimum atomic E-state index is -0.113. The van der Waals surface area contributed by atoms with E-state index in [9.17, 15) is 4.79 Å². The molecule has 4 heteroatoms. The van der Waals surface area contributed by atoms with Crippen molar-refractivity contribution >= 4 is 23.0 Å². The number of hydrogen-bond acceptors (Lipinski definition) is 3. The largest absolute Gasteiger partial charge is 0.337 e. The number of pyridine rings is 1. The Morgan fingerprint density at radius 2 is 1.77 bits per heavy atom. The Balaban J connectivity index is 1.59. The predicted molar refractivity (Wildman–Crippen MR) is 105 cm³/mol. The van der Waals surface area contributed by atoms with Gasteiger partial charge in [-0.05, 0) is 49.2 Å². The third-order valence-electron chi connectivity index (χ3n) is 4.90. The van der Waals surface area contributed by atoms with E-state index >= 15 is 0 Å². The zero-order valence-corrected chi connectivity index (χ0v) is 15.0. The summed E-state index contributed by atoms with van der Waals surface area (Å²) in [5, 5.41) is 0. The second-order valence-corrected chi connectivity index (χ2v) is 6.65. The van der Waals surface area contributed by atoms with Gasteiger partial charge in [0, 0.05) is 24.5 Å². The van der Waals surface area contributed by atoms with Crippen LogP contribution in [0.25, 0.3) is 0 Å². The second-order valence-electron chi connectivity index (χ2n) is 6.65. The first-order chi connectivity index (χ1) is 12.6. The standard InChI is InChI=1S/C22H21N3O/c1-16-14-17-8-6-7-11-21(17)25(16)19-12-13-20(23-15-19)22(26)24(2)18-9-4-3-5-10-18/h3-13,15-16H,14H2,1-2H3. The van der Waals surface area contributed by atoms with Gasteiger partial charge in [0.2, 0.25) is 0 Å². The lowest BCUT2D eigenvalue weighted by molar-refractivity contribution is 0.0988.